The zero-order valence-electron chi connectivity index (χ0n) is 23.1. The molecular formula is C34H34FNO4. The van der Waals surface area contributed by atoms with Crippen molar-refractivity contribution in [2.24, 2.45) is 0 Å². The summed E-state index contributed by atoms with van der Waals surface area (Å²) in [5.74, 6) is 0.584. The van der Waals surface area contributed by atoms with Gasteiger partial charge in [-0.2, -0.15) is 0 Å². The van der Waals surface area contributed by atoms with Crippen LogP contribution in [-0.4, -0.2) is 37.9 Å². The molecule has 0 radical (unpaired) electrons. The second kappa shape index (κ2) is 11.8. The molecule has 206 valence electrons. The van der Waals surface area contributed by atoms with E-state index >= 15 is 0 Å². The van der Waals surface area contributed by atoms with Crippen molar-refractivity contribution in [1.29, 1.82) is 0 Å². The monoisotopic (exact) mass is 539 g/mol. The van der Waals surface area contributed by atoms with Crippen molar-refractivity contribution < 1.29 is 23.8 Å². The van der Waals surface area contributed by atoms with Gasteiger partial charge in [0.25, 0.3) is 0 Å². The topological polar surface area (TPSA) is 59.0 Å². The van der Waals surface area contributed by atoms with Gasteiger partial charge in [0.2, 0.25) is 0 Å². The van der Waals surface area contributed by atoms with Crippen molar-refractivity contribution in [3.8, 4) is 22.6 Å². The van der Waals surface area contributed by atoms with Crippen LogP contribution in [0.3, 0.4) is 0 Å². The molecule has 5 rings (SSSR count). The largest absolute Gasteiger partial charge is 0.497 e. The molecule has 1 aliphatic heterocycles. The van der Waals surface area contributed by atoms with Crippen molar-refractivity contribution in [2.75, 3.05) is 25.7 Å². The highest BCUT2D eigenvalue weighted by atomic mass is 19.1. The number of ether oxygens (including phenoxy) is 2. The number of carboxylic acid groups (broad SMARTS) is 1. The highest BCUT2D eigenvalue weighted by Crippen LogP contribution is 2.40. The van der Waals surface area contributed by atoms with E-state index in [0.717, 1.165) is 53.1 Å². The second-order valence-corrected chi connectivity index (χ2v) is 10.4. The van der Waals surface area contributed by atoms with Gasteiger partial charge in [-0.05, 0) is 84.0 Å². The maximum absolute atomic E-state index is 14.5. The predicted molar refractivity (Wildman–Crippen MR) is 156 cm³/mol. The smallest absolute Gasteiger partial charge is 0.305 e. The lowest BCUT2D eigenvalue weighted by atomic mass is 9.94. The summed E-state index contributed by atoms with van der Waals surface area (Å²) >= 11 is 0. The minimum absolute atomic E-state index is 0.0901. The van der Waals surface area contributed by atoms with Gasteiger partial charge < -0.3 is 19.5 Å². The van der Waals surface area contributed by atoms with Crippen LogP contribution < -0.4 is 14.4 Å². The van der Waals surface area contributed by atoms with Gasteiger partial charge in [0, 0.05) is 29.8 Å². The molecule has 0 unspecified atom stereocenters. The Morgan fingerprint density at radius 1 is 0.975 bits per heavy atom. The van der Waals surface area contributed by atoms with Crippen LogP contribution in [0.1, 0.15) is 41.0 Å². The number of para-hydroxylation sites is 1. The molecule has 1 heterocycles. The maximum Gasteiger partial charge on any atom is 0.305 e. The normalized spacial score (nSPS) is 16.6. The summed E-state index contributed by atoms with van der Waals surface area (Å²) in [6.07, 6.45) is 1.59. The third-order valence-corrected chi connectivity index (χ3v) is 7.89. The average Bonchev–Trinajstić information content (AvgIpc) is 3.37. The minimum atomic E-state index is -0.792. The molecule has 40 heavy (non-hydrogen) atoms. The molecule has 0 saturated carbocycles. The second-order valence-electron chi connectivity index (χ2n) is 10.4. The molecule has 1 saturated heterocycles. The van der Waals surface area contributed by atoms with Crippen molar-refractivity contribution in [2.45, 2.75) is 38.1 Å². The van der Waals surface area contributed by atoms with Crippen LogP contribution in [0.25, 0.3) is 11.1 Å². The van der Waals surface area contributed by atoms with E-state index in [0.29, 0.717) is 11.3 Å². The number of methoxy groups -OCH3 is 2. The van der Waals surface area contributed by atoms with Gasteiger partial charge in [-0.1, -0.05) is 48.5 Å². The van der Waals surface area contributed by atoms with Crippen LogP contribution in [0.4, 0.5) is 10.1 Å². The molecule has 2 atom stereocenters. The van der Waals surface area contributed by atoms with Crippen molar-refractivity contribution in [1.82, 2.24) is 0 Å². The van der Waals surface area contributed by atoms with Crippen molar-refractivity contribution in [3.05, 3.63) is 113 Å². The van der Waals surface area contributed by atoms with E-state index < -0.39 is 5.97 Å². The number of hydrogen-bond acceptors (Lipinski definition) is 4. The number of aryl methyl sites for hydroxylation is 1. The van der Waals surface area contributed by atoms with E-state index in [2.05, 4.69) is 41.3 Å². The first-order valence-corrected chi connectivity index (χ1v) is 13.5. The summed E-state index contributed by atoms with van der Waals surface area (Å²) in [6, 6.07) is 27.1. The Kier molecular flexibility index (Phi) is 8.06. The fourth-order valence-electron chi connectivity index (χ4n) is 5.80. The molecule has 0 aromatic heterocycles. The molecule has 0 amide bonds. The molecule has 0 spiro atoms. The first kappa shape index (κ1) is 27.3. The third-order valence-electron chi connectivity index (χ3n) is 7.89. The lowest BCUT2D eigenvalue weighted by Gasteiger charge is -2.26. The number of hydrogen-bond donors (Lipinski definition) is 1. The Hall–Kier alpha value is -4.32. The van der Waals surface area contributed by atoms with Crippen LogP contribution in [0.2, 0.25) is 0 Å². The summed E-state index contributed by atoms with van der Waals surface area (Å²) in [4.78, 5) is 13.9. The summed E-state index contributed by atoms with van der Waals surface area (Å²) in [5.41, 5.74) is 6.88. The van der Waals surface area contributed by atoms with E-state index in [1.165, 1.54) is 11.6 Å². The molecular weight excluding hydrogens is 505 g/mol. The van der Waals surface area contributed by atoms with Gasteiger partial charge in [-0.3, -0.25) is 4.79 Å². The lowest BCUT2D eigenvalue weighted by molar-refractivity contribution is -0.137. The third kappa shape index (κ3) is 5.81. The van der Waals surface area contributed by atoms with Gasteiger partial charge in [-0.25, -0.2) is 4.39 Å². The Bertz CT molecular complexity index is 1500. The van der Waals surface area contributed by atoms with E-state index in [1.807, 2.05) is 37.3 Å². The zero-order chi connectivity index (χ0) is 28.2. The lowest BCUT2D eigenvalue weighted by Crippen LogP contribution is -2.31. The number of carbonyl (C=O) groups is 1. The fraction of sp³-hybridized carbons (Fsp3) is 0.265. The van der Waals surface area contributed by atoms with E-state index in [4.69, 9.17) is 9.47 Å². The van der Waals surface area contributed by atoms with Crippen LogP contribution in [0.5, 0.6) is 11.5 Å². The summed E-state index contributed by atoms with van der Waals surface area (Å²) in [5, 5.41) is 9.59. The molecule has 1 N–H and O–H groups in total. The Balaban J connectivity index is 1.33. The quantitative estimate of drug-likeness (QED) is 0.243. The molecule has 0 aliphatic carbocycles. The van der Waals surface area contributed by atoms with E-state index in [-0.39, 0.29) is 24.2 Å². The zero-order valence-corrected chi connectivity index (χ0v) is 23.1. The number of anilines is 1. The van der Waals surface area contributed by atoms with Crippen molar-refractivity contribution >= 4 is 11.7 Å². The molecule has 0 bridgehead atoms. The molecule has 4 aromatic carbocycles. The highest BCUT2D eigenvalue weighted by molar-refractivity contribution is 5.69. The maximum atomic E-state index is 14.5. The van der Waals surface area contributed by atoms with Crippen LogP contribution in [0.15, 0.2) is 84.9 Å². The number of rotatable bonds is 9. The Morgan fingerprint density at radius 3 is 2.45 bits per heavy atom. The van der Waals surface area contributed by atoms with Crippen LogP contribution >= 0.6 is 0 Å². The first-order valence-electron chi connectivity index (χ1n) is 13.5. The SMILES string of the molecule is COc1ccc(F)c(-c2ccc(Cc3ccc(N4C[C@@H](c5ccccc5OC)C[C@@H]4CC(=O)O)cc3)c(C)c2)c1. The Labute approximate surface area is 234 Å². The summed E-state index contributed by atoms with van der Waals surface area (Å²) in [6.45, 7) is 2.78. The van der Waals surface area contributed by atoms with Crippen LogP contribution in [0, 0.1) is 12.7 Å². The number of halogens is 1. The van der Waals surface area contributed by atoms with Gasteiger partial charge in [0.15, 0.2) is 0 Å². The predicted octanol–water partition coefficient (Wildman–Crippen LogP) is 7.25. The fourth-order valence-corrected chi connectivity index (χ4v) is 5.80. The number of aliphatic carboxylic acids is 1. The van der Waals surface area contributed by atoms with Crippen molar-refractivity contribution in [3.63, 3.8) is 0 Å². The van der Waals surface area contributed by atoms with Gasteiger partial charge in [0.05, 0.1) is 20.6 Å². The Morgan fingerprint density at radius 2 is 1.75 bits per heavy atom. The van der Waals surface area contributed by atoms with E-state index in [9.17, 15) is 14.3 Å². The average molecular weight is 540 g/mol. The molecule has 4 aromatic rings. The molecule has 1 aliphatic rings. The number of nitrogens with zero attached hydrogens (tertiary/aromatic N) is 1. The molecule has 1 fully saturated rings. The van der Waals surface area contributed by atoms with Gasteiger partial charge >= 0.3 is 5.97 Å². The highest BCUT2D eigenvalue weighted by Gasteiger charge is 2.35. The molecule has 6 heteroatoms. The standard InChI is InChI=1S/C34H34FNO4/c1-22-16-25(31-20-29(39-2)14-15-32(31)35)11-10-24(22)17-23-8-12-27(13-9-23)36-21-26(18-28(36)19-34(37)38)30-6-4-5-7-33(30)40-3/h4-16,20,26,28H,17-19,21H2,1-3H3,(H,37,38)/t26-,28+/m0/s1. The van der Waals surface area contributed by atoms with E-state index in [1.54, 1.807) is 26.4 Å². The summed E-state index contributed by atoms with van der Waals surface area (Å²) < 4.78 is 25.4. The minimum Gasteiger partial charge on any atom is -0.497 e. The number of carboxylic acids is 1. The first-order chi connectivity index (χ1) is 19.4. The molecule has 5 nitrogen and oxygen atoms in total. The van der Waals surface area contributed by atoms with Gasteiger partial charge in [-0.15, -0.1) is 0 Å². The summed E-state index contributed by atoms with van der Waals surface area (Å²) in [7, 11) is 3.25. The van der Waals surface area contributed by atoms with Gasteiger partial charge in [0.1, 0.15) is 17.3 Å². The number of benzene rings is 4. The van der Waals surface area contributed by atoms with Crippen LogP contribution in [-0.2, 0) is 11.2 Å².